The Balaban J connectivity index is -0.0000000150. The average molecular weight is 275 g/mol. The summed E-state index contributed by atoms with van der Waals surface area (Å²) in [4.78, 5) is 0. The summed E-state index contributed by atoms with van der Waals surface area (Å²) in [5, 5.41) is 0. The Labute approximate surface area is 59.7 Å². The van der Waals surface area contributed by atoms with Crippen molar-refractivity contribution < 1.29 is 16.4 Å². The molecule has 0 saturated heterocycles. The molecular formula is H6Cl3InO3. The summed E-state index contributed by atoms with van der Waals surface area (Å²) < 4.78 is 0. The molecule has 0 bridgehead atoms. The van der Waals surface area contributed by atoms with Crippen LogP contribution in [0.1, 0.15) is 0 Å². The molecule has 0 heterocycles. The average Bonchev–Trinajstić information content (AvgIpc) is 0.811. The molecule has 48 valence electrons. The fourth-order valence-electron chi connectivity index (χ4n) is 0. The van der Waals surface area contributed by atoms with E-state index in [-0.39, 0.29) is 16.4 Å². The predicted octanol–water partition coefficient (Wildman–Crippen LogP) is -0.786. The van der Waals surface area contributed by atoms with Crippen LogP contribution in [0.3, 0.4) is 0 Å². The second-order valence-electron chi connectivity index (χ2n) is 0.247. The quantitative estimate of drug-likeness (QED) is 0.554. The summed E-state index contributed by atoms with van der Waals surface area (Å²) in [6.07, 6.45) is 0. The molecule has 7 heteroatoms. The number of hydrogen-bond donors (Lipinski definition) is 0. The van der Waals surface area contributed by atoms with E-state index in [1.54, 1.807) is 0 Å². The molecule has 0 atom stereocenters. The van der Waals surface area contributed by atoms with Crippen LogP contribution in [-0.4, -0.2) is 34.3 Å². The Morgan fingerprint density at radius 3 is 0.714 bits per heavy atom. The second-order valence-corrected chi connectivity index (χ2v) is 14.9. The van der Waals surface area contributed by atoms with Gasteiger partial charge in [0.15, 0.2) is 0 Å². The van der Waals surface area contributed by atoms with E-state index < -0.39 is 17.9 Å². The van der Waals surface area contributed by atoms with Gasteiger partial charge in [0.2, 0.25) is 0 Å². The third-order valence-electron chi connectivity index (χ3n) is 0. The van der Waals surface area contributed by atoms with E-state index in [0.29, 0.717) is 0 Å². The summed E-state index contributed by atoms with van der Waals surface area (Å²) in [6, 6.07) is 0. The van der Waals surface area contributed by atoms with Gasteiger partial charge in [-0.3, -0.25) is 0 Å². The molecule has 0 aliphatic carbocycles. The fraction of sp³-hybridized carbons (Fsp3) is 0. The SMILES string of the molecule is O.O.O.[Cl][In]([Cl])[Cl]. The van der Waals surface area contributed by atoms with Crippen molar-refractivity contribution in [2.45, 2.75) is 0 Å². The summed E-state index contributed by atoms with van der Waals surface area (Å²) in [5.41, 5.74) is 0. The first-order valence-corrected chi connectivity index (χ1v) is 13.2. The zero-order chi connectivity index (χ0) is 3.58. The maximum absolute atomic E-state index is 5.02. The molecule has 0 saturated carbocycles. The van der Waals surface area contributed by atoms with E-state index in [2.05, 4.69) is 0 Å². The molecule has 0 amide bonds. The molecule has 0 aliphatic heterocycles. The van der Waals surface area contributed by atoms with Gasteiger partial charge in [-0.05, 0) is 0 Å². The minimum absolute atomic E-state index is 0. The first-order valence-electron chi connectivity index (χ1n) is 0.655. The van der Waals surface area contributed by atoms with Gasteiger partial charge >= 0.3 is 43.6 Å². The van der Waals surface area contributed by atoms with Crippen LogP contribution in [0.15, 0.2) is 0 Å². The molecule has 0 fully saturated rings. The van der Waals surface area contributed by atoms with Crippen molar-refractivity contribution in [2.24, 2.45) is 0 Å². The van der Waals surface area contributed by atoms with Crippen LogP contribution in [0.2, 0.25) is 0 Å². The Bertz CT molecular complexity index is 14.9. The van der Waals surface area contributed by atoms with Gasteiger partial charge in [0.25, 0.3) is 0 Å². The molecule has 0 spiro atoms. The molecule has 0 aromatic heterocycles. The monoisotopic (exact) mass is 274 g/mol. The molecule has 0 unspecified atom stereocenters. The van der Waals surface area contributed by atoms with Crippen molar-refractivity contribution in [3.63, 3.8) is 0 Å². The molecule has 0 aromatic carbocycles. The Hall–Kier alpha value is 1.62. The van der Waals surface area contributed by atoms with Crippen LogP contribution in [0.25, 0.3) is 0 Å². The normalized spacial score (nSPS) is 3.86. The van der Waals surface area contributed by atoms with Gasteiger partial charge in [0.05, 0.1) is 0 Å². The maximum atomic E-state index is 5.02. The number of hydrogen-bond acceptors (Lipinski definition) is 0. The molecule has 0 rings (SSSR count). The van der Waals surface area contributed by atoms with Crippen LogP contribution < -0.4 is 0 Å². The first-order chi connectivity index (χ1) is 1.73. The van der Waals surface area contributed by atoms with E-state index in [0.717, 1.165) is 0 Å². The molecule has 0 aromatic rings. The third kappa shape index (κ3) is 91.7. The van der Waals surface area contributed by atoms with Crippen LogP contribution in [0.4, 0.5) is 0 Å². The minimum atomic E-state index is -2.22. The van der Waals surface area contributed by atoms with Crippen molar-refractivity contribution in [2.75, 3.05) is 0 Å². The van der Waals surface area contributed by atoms with Gasteiger partial charge in [0.1, 0.15) is 0 Å². The molecule has 3 nitrogen and oxygen atoms in total. The molecule has 7 heavy (non-hydrogen) atoms. The van der Waals surface area contributed by atoms with Gasteiger partial charge in [-0.1, -0.05) is 0 Å². The van der Waals surface area contributed by atoms with E-state index in [1.807, 2.05) is 0 Å². The second kappa shape index (κ2) is 15.6. The molecule has 0 aliphatic rings. The zero-order valence-corrected chi connectivity index (χ0v) is 8.77. The fourth-order valence-corrected chi connectivity index (χ4v) is 0. The van der Waals surface area contributed by atoms with Crippen molar-refractivity contribution in [1.29, 1.82) is 0 Å². The van der Waals surface area contributed by atoms with E-state index >= 15 is 0 Å². The number of halogens is 3. The molecule has 0 radical (unpaired) electrons. The van der Waals surface area contributed by atoms with E-state index in [1.165, 1.54) is 0 Å². The van der Waals surface area contributed by atoms with Crippen molar-refractivity contribution in [1.82, 2.24) is 0 Å². The van der Waals surface area contributed by atoms with Crippen LogP contribution in [0.5, 0.6) is 0 Å². The molecular weight excluding hydrogens is 269 g/mol. The third-order valence-corrected chi connectivity index (χ3v) is 0. The van der Waals surface area contributed by atoms with Gasteiger partial charge in [-0.15, -0.1) is 0 Å². The summed E-state index contributed by atoms with van der Waals surface area (Å²) in [6.45, 7) is 0. The van der Waals surface area contributed by atoms with Gasteiger partial charge in [-0.25, -0.2) is 0 Å². The van der Waals surface area contributed by atoms with Gasteiger partial charge in [0, 0.05) is 0 Å². The van der Waals surface area contributed by atoms with E-state index in [4.69, 9.17) is 25.7 Å². The van der Waals surface area contributed by atoms with Crippen LogP contribution in [0, 0.1) is 0 Å². The van der Waals surface area contributed by atoms with E-state index in [9.17, 15) is 0 Å². The molecule has 6 N–H and O–H groups in total. The standard InChI is InChI=1S/3ClH.In.3H2O/h3*1H;;3*1H2/q;;;+3;;;/p-3. The first kappa shape index (κ1) is 23.4. The number of rotatable bonds is 0. The summed E-state index contributed by atoms with van der Waals surface area (Å²) in [5.74, 6) is 0. The predicted molar refractivity (Wildman–Crippen MR) is 34.2 cm³/mol. The van der Waals surface area contributed by atoms with Crippen molar-refractivity contribution in [3.8, 4) is 0 Å². The van der Waals surface area contributed by atoms with Crippen molar-refractivity contribution >= 4 is 43.6 Å². The Morgan fingerprint density at radius 1 is 0.714 bits per heavy atom. The van der Waals surface area contributed by atoms with Crippen molar-refractivity contribution in [3.05, 3.63) is 0 Å². The Kier molecular flexibility index (Phi) is 52.4. The Morgan fingerprint density at radius 2 is 0.714 bits per heavy atom. The summed E-state index contributed by atoms with van der Waals surface area (Å²) in [7, 11) is 15.0. The van der Waals surface area contributed by atoms with Gasteiger partial charge in [-0.2, -0.15) is 0 Å². The van der Waals surface area contributed by atoms with Crippen LogP contribution >= 0.6 is 25.7 Å². The van der Waals surface area contributed by atoms with Gasteiger partial charge < -0.3 is 16.4 Å². The zero-order valence-electron chi connectivity index (χ0n) is 3.21. The topological polar surface area (TPSA) is 94.5 Å². The van der Waals surface area contributed by atoms with Crippen LogP contribution in [-0.2, 0) is 0 Å². The summed E-state index contributed by atoms with van der Waals surface area (Å²) >= 11 is -2.22.